The third-order valence-corrected chi connectivity index (χ3v) is 3.33. The molecule has 1 amide bonds. The Bertz CT molecular complexity index is 441. The molecule has 0 atom stereocenters. The zero-order valence-electron chi connectivity index (χ0n) is 11.0. The number of phenolic OH excluding ortho intramolecular Hbond substituents is 1. The Balaban J connectivity index is 1.90. The molecule has 19 heavy (non-hydrogen) atoms. The first kappa shape index (κ1) is 13.7. The van der Waals surface area contributed by atoms with Gasteiger partial charge in [-0.05, 0) is 37.0 Å². The smallest absolute Gasteiger partial charge is 0.251 e. The van der Waals surface area contributed by atoms with Gasteiger partial charge in [0.1, 0.15) is 0 Å². The molecule has 2 N–H and O–H groups in total. The van der Waals surface area contributed by atoms with E-state index in [-0.39, 0.29) is 11.7 Å². The summed E-state index contributed by atoms with van der Waals surface area (Å²) in [6.07, 6.45) is 1.96. The summed E-state index contributed by atoms with van der Waals surface area (Å²) in [5.41, 5.74) is 0.436. The molecule has 0 saturated carbocycles. The zero-order chi connectivity index (χ0) is 13.7. The molecule has 1 aromatic carbocycles. The van der Waals surface area contributed by atoms with Gasteiger partial charge in [-0.15, -0.1) is 0 Å². The highest BCUT2D eigenvalue weighted by molar-refractivity contribution is 5.94. The Labute approximate surface area is 112 Å². The van der Waals surface area contributed by atoms with Crippen molar-refractivity contribution >= 4 is 5.91 Å². The van der Waals surface area contributed by atoms with E-state index < -0.39 is 0 Å². The zero-order valence-corrected chi connectivity index (χ0v) is 11.0. The summed E-state index contributed by atoms with van der Waals surface area (Å²) in [5, 5.41) is 12.5. The molecule has 0 bridgehead atoms. The number of phenols is 1. The molecule has 104 valence electrons. The molecule has 0 aromatic heterocycles. The number of aromatic hydroxyl groups is 1. The fraction of sp³-hybridized carbons (Fsp3) is 0.500. The Hall–Kier alpha value is -1.75. The van der Waals surface area contributed by atoms with Crippen molar-refractivity contribution < 1.29 is 19.4 Å². The summed E-state index contributed by atoms with van der Waals surface area (Å²) in [6.45, 7) is 2.18. The fourth-order valence-electron chi connectivity index (χ4n) is 2.12. The molecule has 5 nitrogen and oxygen atoms in total. The number of benzene rings is 1. The number of nitrogens with one attached hydrogen (secondary N) is 1. The SMILES string of the molecule is COc1ccc(C(=O)NCC2CCOCC2)cc1O. The molecule has 1 fully saturated rings. The van der Waals surface area contributed by atoms with Crippen LogP contribution in [0.5, 0.6) is 11.5 Å². The quantitative estimate of drug-likeness (QED) is 0.867. The molecule has 0 unspecified atom stereocenters. The lowest BCUT2D eigenvalue weighted by molar-refractivity contribution is 0.0642. The van der Waals surface area contributed by atoms with E-state index in [9.17, 15) is 9.90 Å². The van der Waals surface area contributed by atoms with Crippen molar-refractivity contribution in [3.8, 4) is 11.5 Å². The normalized spacial score (nSPS) is 16.1. The molecular formula is C14H19NO4. The molecule has 1 aromatic rings. The van der Waals surface area contributed by atoms with Gasteiger partial charge >= 0.3 is 0 Å². The summed E-state index contributed by atoms with van der Waals surface area (Å²) in [7, 11) is 1.47. The van der Waals surface area contributed by atoms with Gasteiger partial charge in [-0.25, -0.2) is 0 Å². The minimum absolute atomic E-state index is 0.0267. The standard InChI is InChI=1S/C14H19NO4/c1-18-13-3-2-11(8-12(13)16)14(17)15-9-10-4-6-19-7-5-10/h2-3,8,10,16H,4-7,9H2,1H3,(H,15,17). The number of amides is 1. The van der Waals surface area contributed by atoms with Gasteiger partial charge in [0.25, 0.3) is 5.91 Å². The first-order valence-electron chi connectivity index (χ1n) is 6.43. The summed E-state index contributed by atoms with van der Waals surface area (Å²) < 4.78 is 10.2. The third-order valence-electron chi connectivity index (χ3n) is 3.33. The molecule has 1 aliphatic rings. The van der Waals surface area contributed by atoms with E-state index in [0.717, 1.165) is 26.1 Å². The van der Waals surface area contributed by atoms with Crippen LogP contribution in [-0.4, -0.2) is 37.9 Å². The van der Waals surface area contributed by atoms with Gasteiger partial charge in [0.15, 0.2) is 11.5 Å². The van der Waals surface area contributed by atoms with Crippen molar-refractivity contribution in [2.24, 2.45) is 5.92 Å². The highest BCUT2D eigenvalue weighted by Crippen LogP contribution is 2.26. The predicted molar refractivity (Wildman–Crippen MR) is 70.5 cm³/mol. The van der Waals surface area contributed by atoms with E-state index in [1.54, 1.807) is 12.1 Å². The van der Waals surface area contributed by atoms with E-state index in [1.807, 2.05) is 0 Å². The first-order valence-corrected chi connectivity index (χ1v) is 6.43. The number of hydrogen-bond donors (Lipinski definition) is 2. The molecule has 0 aliphatic carbocycles. The van der Waals surface area contributed by atoms with E-state index in [0.29, 0.717) is 23.8 Å². The molecule has 5 heteroatoms. The molecule has 0 radical (unpaired) electrons. The molecular weight excluding hydrogens is 246 g/mol. The lowest BCUT2D eigenvalue weighted by Crippen LogP contribution is -2.32. The largest absolute Gasteiger partial charge is 0.504 e. The Morgan fingerprint density at radius 2 is 2.21 bits per heavy atom. The van der Waals surface area contributed by atoms with Gasteiger partial charge in [-0.3, -0.25) is 4.79 Å². The second-order valence-corrected chi connectivity index (χ2v) is 4.65. The summed E-state index contributed by atoms with van der Waals surface area (Å²) >= 11 is 0. The van der Waals surface area contributed by atoms with E-state index in [4.69, 9.17) is 9.47 Å². The van der Waals surface area contributed by atoms with Crippen LogP contribution in [0.2, 0.25) is 0 Å². The number of rotatable bonds is 4. The van der Waals surface area contributed by atoms with Crippen molar-refractivity contribution in [3.05, 3.63) is 23.8 Å². The van der Waals surface area contributed by atoms with Crippen LogP contribution >= 0.6 is 0 Å². The van der Waals surface area contributed by atoms with E-state index in [2.05, 4.69) is 5.32 Å². The minimum atomic E-state index is -0.176. The van der Waals surface area contributed by atoms with Gasteiger partial charge in [-0.1, -0.05) is 0 Å². The van der Waals surface area contributed by atoms with Crippen LogP contribution in [0.25, 0.3) is 0 Å². The summed E-state index contributed by atoms with van der Waals surface area (Å²) in [6, 6.07) is 4.63. The highest BCUT2D eigenvalue weighted by Gasteiger charge is 2.15. The second kappa shape index (κ2) is 6.43. The second-order valence-electron chi connectivity index (χ2n) is 4.65. The van der Waals surface area contributed by atoms with Gasteiger partial charge < -0.3 is 19.9 Å². The predicted octanol–water partition coefficient (Wildman–Crippen LogP) is 1.56. The monoisotopic (exact) mass is 265 g/mol. The van der Waals surface area contributed by atoms with Crippen LogP contribution in [0.3, 0.4) is 0 Å². The van der Waals surface area contributed by atoms with Crippen molar-refractivity contribution in [1.29, 1.82) is 0 Å². The van der Waals surface area contributed by atoms with Crippen molar-refractivity contribution in [1.82, 2.24) is 5.32 Å². The Morgan fingerprint density at radius 3 is 2.84 bits per heavy atom. The Kier molecular flexibility index (Phi) is 4.63. The number of methoxy groups -OCH3 is 1. The highest BCUT2D eigenvalue weighted by atomic mass is 16.5. The third kappa shape index (κ3) is 3.61. The lowest BCUT2D eigenvalue weighted by Gasteiger charge is -2.22. The van der Waals surface area contributed by atoms with Gasteiger partial charge in [0, 0.05) is 25.3 Å². The maximum Gasteiger partial charge on any atom is 0.251 e. The average Bonchev–Trinajstić information content (AvgIpc) is 2.45. The van der Waals surface area contributed by atoms with Crippen molar-refractivity contribution in [2.45, 2.75) is 12.8 Å². The van der Waals surface area contributed by atoms with Crippen molar-refractivity contribution in [2.75, 3.05) is 26.9 Å². The van der Waals surface area contributed by atoms with Crippen LogP contribution in [0.15, 0.2) is 18.2 Å². The van der Waals surface area contributed by atoms with Crippen LogP contribution < -0.4 is 10.1 Å². The van der Waals surface area contributed by atoms with E-state index in [1.165, 1.54) is 13.2 Å². The molecule has 1 heterocycles. The maximum absolute atomic E-state index is 11.9. The van der Waals surface area contributed by atoms with Crippen LogP contribution in [0.4, 0.5) is 0 Å². The maximum atomic E-state index is 11.9. The Morgan fingerprint density at radius 1 is 1.47 bits per heavy atom. The number of carbonyl (C=O) groups is 1. The van der Waals surface area contributed by atoms with Gasteiger partial charge in [0.2, 0.25) is 0 Å². The molecule has 2 rings (SSSR count). The fourth-order valence-corrected chi connectivity index (χ4v) is 2.12. The van der Waals surface area contributed by atoms with Crippen LogP contribution in [0.1, 0.15) is 23.2 Å². The summed E-state index contributed by atoms with van der Waals surface area (Å²) in [5.74, 6) is 0.635. The van der Waals surface area contributed by atoms with Crippen molar-refractivity contribution in [3.63, 3.8) is 0 Å². The first-order chi connectivity index (χ1) is 9.20. The van der Waals surface area contributed by atoms with E-state index >= 15 is 0 Å². The molecule has 0 spiro atoms. The number of hydrogen-bond acceptors (Lipinski definition) is 4. The molecule has 1 aliphatic heterocycles. The average molecular weight is 265 g/mol. The van der Waals surface area contributed by atoms with Gasteiger partial charge in [0.05, 0.1) is 7.11 Å². The number of ether oxygens (including phenoxy) is 2. The number of carbonyl (C=O) groups excluding carboxylic acids is 1. The van der Waals surface area contributed by atoms with Crippen LogP contribution in [0, 0.1) is 5.92 Å². The minimum Gasteiger partial charge on any atom is -0.504 e. The van der Waals surface area contributed by atoms with Gasteiger partial charge in [-0.2, -0.15) is 0 Å². The van der Waals surface area contributed by atoms with Crippen LogP contribution in [-0.2, 0) is 4.74 Å². The summed E-state index contributed by atoms with van der Waals surface area (Å²) in [4.78, 5) is 11.9. The topological polar surface area (TPSA) is 67.8 Å². The lowest BCUT2D eigenvalue weighted by atomic mass is 10.0. The molecule has 1 saturated heterocycles.